The number of rotatable bonds is 6. The lowest BCUT2D eigenvalue weighted by Gasteiger charge is -2.23. The topological polar surface area (TPSA) is 61.4 Å². The van der Waals surface area contributed by atoms with Crippen molar-refractivity contribution in [1.29, 1.82) is 0 Å². The van der Waals surface area contributed by atoms with E-state index in [2.05, 4.69) is 10.6 Å². The van der Waals surface area contributed by atoms with E-state index in [1.807, 2.05) is 29.2 Å². The summed E-state index contributed by atoms with van der Waals surface area (Å²) >= 11 is 5.89. The highest BCUT2D eigenvalue weighted by molar-refractivity contribution is 6.30. The number of anilines is 1. The predicted octanol–water partition coefficient (Wildman–Crippen LogP) is 4.43. The summed E-state index contributed by atoms with van der Waals surface area (Å²) in [4.78, 5) is 26.6. The quantitative estimate of drug-likeness (QED) is 0.775. The fourth-order valence-corrected chi connectivity index (χ4v) is 3.06. The fourth-order valence-electron chi connectivity index (χ4n) is 2.94. The standard InChI is InChI=1S/C21H22ClN3O2/c22-16-5-7-18(8-6-16)24-21(27)25(19-11-12-19)13-14-1-3-15(4-2-14)20(26)23-17-9-10-17/h1-8,17,19H,9-13H2,(H,23,26)(H,24,27). The number of nitrogens with one attached hydrogen (secondary N) is 2. The molecule has 4 rings (SSSR count). The van der Waals surface area contributed by atoms with Gasteiger partial charge in [-0.2, -0.15) is 0 Å². The highest BCUT2D eigenvalue weighted by atomic mass is 35.5. The van der Waals surface area contributed by atoms with E-state index in [1.165, 1.54) is 0 Å². The van der Waals surface area contributed by atoms with Crippen LogP contribution in [0.3, 0.4) is 0 Å². The number of carbonyl (C=O) groups excluding carboxylic acids is 2. The van der Waals surface area contributed by atoms with Crippen LogP contribution in [0.5, 0.6) is 0 Å². The van der Waals surface area contributed by atoms with Gasteiger partial charge in [0.05, 0.1) is 0 Å². The molecule has 0 aromatic heterocycles. The monoisotopic (exact) mass is 383 g/mol. The lowest BCUT2D eigenvalue weighted by atomic mass is 10.1. The summed E-state index contributed by atoms with van der Waals surface area (Å²) in [5.74, 6) is -0.0245. The Morgan fingerprint density at radius 1 is 0.963 bits per heavy atom. The number of hydrogen-bond donors (Lipinski definition) is 2. The van der Waals surface area contributed by atoms with Gasteiger partial charge in [-0.25, -0.2) is 4.79 Å². The van der Waals surface area contributed by atoms with Gasteiger partial charge in [-0.15, -0.1) is 0 Å². The highest BCUT2D eigenvalue weighted by Crippen LogP contribution is 2.29. The Morgan fingerprint density at radius 2 is 1.63 bits per heavy atom. The van der Waals surface area contributed by atoms with Crippen LogP contribution in [-0.4, -0.2) is 28.9 Å². The molecular formula is C21H22ClN3O2. The van der Waals surface area contributed by atoms with Gasteiger partial charge in [-0.05, 0) is 67.6 Å². The first-order valence-corrected chi connectivity index (χ1v) is 9.69. The van der Waals surface area contributed by atoms with E-state index in [0.717, 1.165) is 36.9 Å². The predicted molar refractivity (Wildman–Crippen MR) is 106 cm³/mol. The van der Waals surface area contributed by atoms with Gasteiger partial charge in [0, 0.05) is 34.9 Å². The molecule has 0 spiro atoms. The Balaban J connectivity index is 1.39. The summed E-state index contributed by atoms with van der Waals surface area (Å²) in [6.07, 6.45) is 4.19. The molecule has 2 fully saturated rings. The Bertz CT molecular complexity index is 828. The number of urea groups is 1. The van der Waals surface area contributed by atoms with E-state index in [1.54, 1.807) is 24.3 Å². The normalized spacial score (nSPS) is 15.9. The van der Waals surface area contributed by atoms with Crippen molar-refractivity contribution in [2.24, 2.45) is 0 Å². The van der Waals surface area contributed by atoms with Crippen LogP contribution < -0.4 is 10.6 Å². The second kappa shape index (κ2) is 7.61. The van der Waals surface area contributed by atoms with Crippen LogP contribution in [-0.2, 0) is 6.54 Å². The van der Waals surface area contributed by atoms with Crippen molar-refractivity contribution in [1.82, 2.24) is 10.2 Å². The lowest BCUT2D eigenvalue weighted by Crippen LogP contribution is -2.36. The largest absolute Gasteiger partial charge is 0.349 e. The summed E-state index contributed by atoms with van der Waals surface area (Å²) in [5, 5.41) is 6.56. The Morgan fingerprint density at radius 3 is 2.22 bits per heavy atom. The average Bonchev–Trinajstić information content (AvgIpc) is 3.57. The first-order valence-electron chi connectivity index (χ1n) is 9.31. The second-order valence-corrected chi connectivity index (χ2v) is 7.68. The second-order valence-electron chi connectivity index (χ2n) is 7.24. The van der Waals surface area contributed by atoms with Gasteiger partial charge in [0.25, 0.3) is 5.91 Å². The molecule has 2 aliphatic carbocycles. The first-order chi connectivity index (χ1) is 13.1. The molecular weight excluding hydrogens is 362 g/mol. The van der Waals surface area contributed by atoms with Crippen LogP contribution >= 0.6 is 11.6 Å². The van der Waals surface area contributed by atoms with Crippen molar-refractivity contribution < 1.29 is 9.59 Å². The molecule has 3 amide bonds. The smallest absolute Gasteiger partial charge is 0.322 e. The third-order valence-electron chi connectivity index (χ3n) is 4.83. The molecule has 0 heterocycles. The Hall–Kier alpha value is -2.53. The van der Waals surface area contributed by atoms with Crippen LogP contribution in [0.2, 0.25) is 5.02 Å². The minimum atomic E-state index is -0.115. The summed E-state index contributed by atoms with van der Waals surface area (Å²) in [6.45, 7) is 0.522. The molecule has 2 aromatic carbocycles. The highest BCUT2D eigenvalue weighted by Gasteiger charge is 2.32. The van der Waals surface area contributed by atoms with Gasteiger partial charge < -0.3 is 15.5 Å². The molecule has 0 bridgehead atoms. The lowest BCUT2D eigenvalue weighted by molar-refractivity contribution is 0.0951. The van der Waals surface area contributed by atoms with Gasteiger partial charge in [0.2, 0.25) is 0 Å². The maximum absolute atomic E-state index is 12.7. The van der Waals surface area contributed by atoms with Gasteiger partial charge in [0.15, 0.2) is 0 Å². The van der Waals surface area contributed by atoms with Crippen LogP contribution in [0.15, 0.2) is 48.5 Å². The summed E-state index contributed by atoms with van der Waals surface area (Å²) in [5.41, 5.74) is 2.40. The maximum atomic E-state index is 12.7. The van der Waals surface area contributed by atoms with Crippen LogP contribution in [0.1, 0.15) is 41.6 Å². The molecule has 0 unspecified atom stereocenters. The van der Waals surface area contributed by atoms with Crippen LogP contribution in [0, 0.1) is 0 Å². The number of benzene rings is 2. The molecule has 0 saturated heterocycles. The number of amides is 3. The summed E-state index contributed by atoms with van der Waals surface area (Å²) in [7, 11) is 0. The van der Waals surface area contributed by atoms with Crippen molar-refractivity contribution >= 4 is 29.2 Å². The third kappa shape index (κ3) is 4.80. The molecule has 5 nitrogen and oxygen atoms in total. The summed E-state index contributed by atoms with van der Waals surface area (Å²) in [6, 6.07) is 15.1. The third-order valence-corrected chi connectivity index (χ3v) is 5.08. The van der Waals surface area contributed by atoms with Crippen LogP contribution in [0.25, 0.3) is 0 Å². The molecule has 2 N–H and O–H groups in total. The van der Waals surface area contributed by atoms with Crippen molar-refractivity contribution in [3.05, 3.63) is 64.7 Å². The van der Waals surface area contributed by atoms with Crippen LogP contribution in [0.4, 0.5) is 10.5 Å². The number of carbonyl (C=O) groups is 2. The van der Waals surface area contributed by atoms with Crippen molar-refractivity contribution in [3.63, 3.8) is 0 Å². The number of halogens is 1. The number of hydrogen-bond acceptors (Lipinski definition) is 2. The average molecular weight is 384 g/mol. The molecule has 0 atom stereocenters. The van der Waals surface area contributed by atoms with Crippen molar-refractivity contribution in [2.75, 3.05) is 5.32 Å². The molecule has 2 aromatic rings. The molecule has 0 radical (unpaired) electrons. The molecule has 2 saturated carbocycles. The summed E-state index contributed by atoms with van der Waals surface area (Å²) < 4.78 is 0. The SMILES string of the molecule is O=C(NC1CC1)c1ccc(CN(C(=O)Nc2ccc(Cl)cc2)C2CC2)cc1. The fraction of sp³-hybridized carbons (Fsp3) is 0.333. The molecule has 27 heavy (non-hydrogen) atoms. The van der Waals surface area contributed by atoms with Gasteiger partial charge >= 0.3 is 6.03 Å². The van der Waals surface area contributed by atoms with Crippen molar-refractivity contribution in [3.8, 4) is 0 Å². The van der Waals surface area contributed by atoms with E-state index in [-0.39, 0.29) is 18.0 Å². The van der Waals surface area contributed by atoms with Crippen molar-refractivity contribution in [2.45, 2.75) is 44.3 Å². The zero-order valence-corrected chi connectivity index (χ0v) is 15.7. The molecule has 140 valence electrons. The minimum absolute atomic E-state index is 0.0245. The minimum Gasteiger partial charge on any atom is -0.349 e. The Kier molecular flexibility index (Phi) is 5.03. The maximum Gasteiger partial charge on any atom is 0.322 e. The molecule has 0 aliphatic heterocycles. The van der Waals surface area contributed by atoms with Gasteiger partial charge in [-0.3, -0.25) is 4.79 Å². The van der Waals surface area contributed by atoms with Gasteiger partial charge in [0.1, 0.15) is 0 Å². The van der Waals surface area contributed by atoms with E-state index < -0.39 is 0 Å². The zero-order valence-electron chi connectivity index (χ0n) is 15.0. The Labute approximate surface area is 163 Å². The first kappa shape index (κ1) is 17.9. The van der Waals surface area contributed by atoms with E-state index in [4.69, 9.17) is 11.6 Å². The van der Waals surface area contributed by atoms with E-state index >= 15 is 0 Å². The zero-order chi connectivity index (χ0) is 18.8. The molecule has 6 heteroatoms. The molecule has 2 aliphatic rings. The van der Waals surface area contributed by atoms with Gasteiger partial charge in [-0.1, -0.05) is 23.7 Å². The van der Waals surface area contributed by atoms with E-state index in [0.29, 0.717) is 23.2 Å². The number of nitrogens with zero attached hydrogens (tertiary/aromatic N) is 1. The van der Waals surface area contributed by atoms with E-state index in [9.17, 15) is 9.59 Å².